The van der Waals surface area contributed by atoms with Gasteiger partial charge in [-0.2, -0.15) is 0 Å². The van der Waals surface area contributed by atoms with Gasteiger partial charge in [0.05, 0.1) is 0 Å². The van der Waals surface area contributed by atoms with Gasteiger partial charge >= 0.3 is 0 Å². The Hall–Kier alpha value is -2.34. The number of rotatable bonds is 4. The molecule has 0 fully saturated rings. The molecule has 0 heteroatoms. The van der Waals surface area contributed by atoms with Gasteiger partial charge in [-0.15, -0.1) is 0 Å². The fraction of sp³-hybridized carbons (Fsp3) is 0.280. The van der Waals surface area contributed by atoms with Crippen LogP contribution in [0.3, 0.4) is 0 Å². The molecule has 25 heavy (non-hydrogen) atoms. The molecule has 0 spiro atoms. The van der Waals surface area contributed by atoms with Crippen molar-refractivity contribution >= 4 is 5.57 Å². The van der Waals surface area contributed by atoms with Crippen LogP contribution < -0.4 is 0 Å². The largest absolute Gasteiger partial charge is 0.0961 e. The van der Waals surface area contributed by atoms with Gasteiger partial charge in [-0.25, -0.2) is 0 Å². The number of hydrogen-bond donors (Lipinski definition) is 0. The monoisotopic (exact) mass is 334 g/mol. The van der Waals surface area contributed by atoms with Crippen molar-refractivity contribution in [3.05, 3.63) is 90.0 Å². The zero-order valence-corrected chi connectivity index (χ0v) is 17.1. The van der Waals surface area contributed by atoms with Crippen molar-refractivity contribution < 1.29 is 0 Å². The van der Waals surface area contributed by atoms with Crippen molar-refractivity contribution in [1.29, 1.82) is 0 Å². The summed E-state index contributed by atoms with van der Waals surface area (Å²) in [7, 11) is 0. The van der Waals surface area contributed by atoms with Gasteiger partial charge in [-0.3, -0.25) is 0 Å². The Morgan fingerprint density at radius 3 is 1.80 bits per heavy atom. The molecule has 0 N–H and O–H groups in total. The molecule has 2 aromatic carbocycles. The first-order valence-corrected chi connectivity index (χ1v) is 9.24. The summed E-state index contributed by atoms with van der Waals surface area (Å²) in [4.78, 5) is 0. The van der Waals surface area contributed by atoms with E-state index in [9.17, 15) is 0 Å². The van der Waals surface area contributed by atoms with Crippen molar-refractivity contribution in [1.82, 2.24) is 0 Å². The predicted molar refractivity (Wildman–Crippen MR) is 117 cm³/mol. The summed E-state index contributed by atoms with van der Waals surface area (Å²) < 4.78 is 0. The Labute approximate surface area is 155 Å². The Morgan fingerprint density at radius 2 is 1.28 bits per heavy atom. The molecule has 0 nitrogen and oxygen atoms in total. The lowest BCUT2D eigenvalue weighted by atomic mass is 9.97. The van der Waals surface area contributed by atoms with E-state index in [1.54, 1.807) is 0 Å². The van der Waals surface area contributed by atoms with Crippen LogP contribution in [0.1, 0.15) is 54.0 Å². The van der Waals surface area contributed by atoms with E-state index in [-0.39, 0.29) is 0 Å². The van der Waals surface area contributed by atoms with Crippen LogP contribution in [0, 0.1) is 0 Å². The molecule has 0 heterocycles. The van der Waals surface area contributed by atoms with Crippen LogP contribution in [0.5, 0.6) is 0 Å². The van der Waals surface area contributed by atoms with Crippen LogP contribution in [0.4, 0.5) is 0 Å². The minimum Gasteiger partial charge on any atom is -0.0961 e. The summed E-state index contributed by atoms with van der Waals surface area (Å²) in [6.07, 6.45) is 4.34. The molecule has 0 saturated carbocycles. The zero-order valence-electron chi connectivity index (χ0n) is 17.1. The van der Waals surface area contributed by atoms with Crippen LogP contribution in [-0.4, -0.2) is 0 Å². The maximum atomic E-state index is 4.00. The van der Waals surface area contributed by atoms with E-state index in [1.807, 2.05) is 40.7 Å². The molecular formula is C25H34. The van der Waals surface area contributed by atoms with Crippen LogP contribution in [0.15, 0.2) is 84.5 Å². The van der Waals surface area contributed by atoms with Gasteiger partial charge < -0.3 is 0 Å². The highest BCUT2D eigenvalue weighted by molar-refractivity contribution is 5.79. The third-order valence-electron chi connectivity index (χ3n) is 3.15. The number of benzene rings is 2. The van der Waals surface area contributed by atoms with E-state index in [2.05, 4.69) is 81.1 Å². The van der Waals surface area contributed by atoms with E-state index < -0.39 is 0 Å². The second-order valence-electron chi connectivity index (χ2n) is 5.61. The Morgan fingerprint density at radius 1 is 0.720 bits per heavy atom. The quantitative estimate of drug-likeness (QED) is 0.493. The Kier molecular flexibility index (Phi) is 11.8. The molecule has 0 radical (unpaired) electrons. The van der Waals surface area contributed by atoms with E-state index >= 15 is 0 Å². The SMILES string of the molecule is C=C(C)/C=C(\C=C(C)C)c1cccc(-c2ccccc2)c1.CC.CC. The van der Waals surface area contributed by atoms with E-state index in [4.69, 9.17) is 0 Å². The zero-order chi connectivity index (χ0) is 19.2. The van der Waals surface area contributed by atoms with E-state index in [1.165, 1.54) is 27.8 Å². The third kappa shape index (κ3) is 8.35. The van der Waals surface area contributed by atoms with Crippen molar-refractivity contribution in [3.63, 3.8) is 0 Å². The highest BCUT2D eigenvalue weighted by Crippen LogP contribution is 2.25. The standard InChI is InChI=1S/C21H22.2C2H6/c1-16(2)13-21(14-17(3)4)20-12-8-11-19(15-20)18-9-6-5-7-10-18;2*1-2/h5-15H,1H2,2-4H3;2*1-2H3/b21-13+;;. The molecule has 0 unspecified atom stereocenters. The average molecular weight is 335 g/mol. The van der Waals surface area contributed by atoms with Crippen LogP contribution in [0.25, 0.3) is 16.7 Å². The molecule has 2 rings (SSSR count). The first-order chi connectivity index (χ1) is 12.1. The lowest BCUT2D eigenvalue weighted by Gasteiger charge is -2.08. The van der Waals surface area contributed by atoms with Crippen LogP contribution in [-0.2, 0) is 0 Å². The molecule has 0 aliphatic rings. The summed E-state index contributed by atoms with van der Waals surface area (Å²) in [6.45, 7) is 18.3. The molecule has 0 bridgehead atoms. The smallest absolute Gasteiger partial charge is 0.0178 e. The summed E-state index contributed by atoms with van der Waals surface area (Å²) >= 11 is 0. The van der Waals surface area contributed by atoms with E-state index in [0.717, 1.165) is 5.57 Å². The van der Waals surface area contributed by atoms with Crippen molar-refractivity contribution in [2.24, 2.45) is 0 Å². The summed E-state index contributed by atoms with van der Waals surface area (Å²) in [5, 5.41) is 0. The maximum Gasteiger partial charge on any atom is -0.0178 e. The highest BCUT2D eigenvalue weighted by atomic mass is 14.1. The summed E-state index contributed by atoms with van der Waals surface area (Å²) in [5.74, 6) is 0. The molecule has 2 aromatic rings. The minimum atomic E-state index is 1.06. The molecule has 0 amide bonds. The third-order valence-corrected chi connectivity index (χ3v) is 3.15. The lowest BCUT2D eigenvalue weighted by molar-refractivity contribution is 1.39. The van der Waals surface area contributed by atoms with Gasteiger partial charge in [0.15, 0.2) is 0 Å². The fourth-order valence-corrected chi connectivity index (χ4v) is 2.29. The van der Waals surface area contributed by atoms with Gasteiger partial charge in [-0.1, -0.05) is 106 Å². The lowest BCUT2D eigenvalue weighted by Crippen LogP contribution is -1.85. The van der Waals surface area contributed by atoms with Gasteiger partial charge in [0, 0.05) is 0 Å². The van der Waals surface area contributed by atoms with Crippen molar-refractivity contribution in [3.8, 4) is 11.1 Å². The molecule has 0 aromatic heterocycles. The topological polar surface area (TPSA) is 0 Å². The molecule has 0 saturated heterocycles. The first-order valence-electron chi connectivity index (χ1n) is 9.24. The highest BCUT2D eigenvalue weighted by Gasteiger charge is 2.02. The number of allylic oxidation sites excluding steroid dienone is 5. The van der Waals surface area contributed by atoms with Gasteiger partial charge in [-0.05, 0) is 49.1 Å². The Balaban J connectivity index is 0.00000134. The Bertz CT molecular complexity index is 681. The minimum absolute atomic E-state index is 1.06. The number of hydrogen-bond acceptors (Lipinski definition) is 0. The summed E-state index contributed by atoms with van der Waals surface area (Å²) in [5.41, 5.74) is 7.26. The first kappa shape index (κ1) is 22.7. The summed E-state index contributed by atoms with van der Waals surface area (Å²) in [6, 6.07) is 19.1. The van der Waals surface area contributed by atoms with Crippen molar-refractivity contribution in [2.45, 2.75) is 48.5 Å². The second kappa shape index (κ2) is 13.0. The van der Waals surface area contributed by atoms with Gasteiger partial charge in [0.2, 0.25) is 0 Å². The van der Waals surface area contributed by atoms with Crippen LogP contribution >= 0.6 is 0 Å². The van der Waals surface area contributed by atoms with E-state index in [0.29, 0.717) is 0 Å². The van der Waals surface area contributed by atoms with Crippen LogP contribution in [0.2, 0.25) is 0 Å². The predicted octanol–water partition coefficient (Wildman–Crippen LogP) is 8.33. The maximum absolute atomic E-state index is 4.00. The normalized spacial score (nSPS) is 9.80. The average Bonchev–Trinajstić information content (AvgIpc) is 2.65. The second-order valence-corrected chi connectivity index (χ2v) is 5.61. The van der Waals surface area contributed by atoms with Gasteiger partial charge in [0.1, 0.15) is 0 Å². The molecule has 0 aliphatic heterocycles. The fourth-order valence-electron chi connectivity index (χ4n) is 2.29. The molecular weight excluding hydrogens is 300 g/mol. The molecule has 0 atom stereocenters. The van der Waals surface area contributed by atoms with Crippen molar-refractivity contribution in [2.75, 3.05) is 0 Å². The molecule has 0 aliphatic carbocycles. The molecule has 134 valence electrons. The van der Waals surface area contributed by atoms with Gasteiger partial charge in [0.25, 0.3) is 0 Å².